The van der Waals surface area contributed by atoms with E-state index in [1.54, 1.807) is 36.2 Å². The number of aryl methyl sites for hydroxylation is 1. The van der Waals surface area contributed by atoms with Crippen LogP contribution in [-0.2, 0) is 5.54 Å². The Bertz CT molecular complexity index is 1420. The van der Waals surface area contributed by atoms with Crippen LogP contribution in [0, 0.1) is 35.5 Å². The number of hydrogen-bond acceptors (Lipinski definition) is 7. The van der Waals surface area contributed by atoms with Crippen LogP contribution in [0.15, 0.2) is 48.8 Å². The van der Waals surface area contributed by atoms with Crippen LogP contribution in [0.3, 0.4) is 0 Å². The van der Waals surface area contributed by atoms with Crippen LogP contribution in [-0.4, -0.2) is 30.1 Å². The highest BCUT2D eigenvalue weighted by Crippen LogP contribution is 2.45. The van der Waals surface area contributed by atoms with E-state index in [4.69, 9.17) is 5.10 Å². The number of aromatic nitrogens is 5. The smallest absolute Gasteiger partial charge is 0.136 e. The molecule has 8 heteroatoms. The van der Waals surface area contributed by atoms with Crippen molar-refractivity contribution in [3.05, 3.63) is 54.5 Å². The molecule has 1 saturated carbocycles. The topological polar surface area (TPSA) is 124 Å². The first kappa shape index (κ1) is 19.7. The van der Waals surface area contributed by atoms with Crippen molar-refractivity contribution < 1.29 is 5.11 Å². The van der Waals surface area contributed by atoms with Crippen LogP contribution >= 0.6 is 0 Å². The highest BCUT2D eigenvalue weighted by molar-refractivity contribution is 5.96. The van der Waals surface area contributed by atoms with E-state index in [-0.39, 0.29) is 18.1 Å². The lowest BCUT2D eigenvalue weighted by Crippen LogP contribution is -2.47. The predicted molar refractivity (Wildman–Crippen MR) is 117 cm³/mol. The van der Waals surface area contributed by atoms with Gasteiger partial charge in [0.25, 0.3) is 0 Å². The monoisotopic (exact) mass is 421 g/mol. The minimum absolute atomic E-state index is 0.0741. The molecule has 8 nitrogen and oxygen atoms in total. The first-order valence-electron chi connectivity index (χ1n) is 10.3. The summed E-state index contributed by atoms with van der Waals surface area (Å²) in [6, 6.07) is 15.7. The average Bonchev–Trinajstić information content (AvgIpc) is 3.27. The minimum atomic E-state index is -0.533. The number of nitrogens with zero attached hydrogens (tertiary/aromatic N) is 7. The second-order valence-corrected chi connectivity index (χ2v) is 8.21. The molecule has 3 heterocycles. The fraction of sp³-hybridized carbons (Fsp3) is 0.250. The van der Waals surface area contributed by atoms with E-state index in [9.17, 15) is 15.6 Å². The summed E-state index contributed by atoms with van der Waals surface area (Å²) in [6.07, 6.45) is 4.84. The van der Waals surface area contributed by atoms with Crippen molar-refractivity contribution in [1.82, 2.24) is 25.0 Å². The molecule has 0 saturated heterocycles. The minimum Gasteiger partial charge on any atom is -0.506 e. The zero-order valence-electron chi connectivity index (χ0n) is 17.4. The Morgan fingerprint density at radius 2 is 2.03 bits per heavy atom. The maximum atomic E-state index is 9.84. The van der Waals surface area contributed by atoms with Gasteiger partial charge in [-0.1, -0.05) is 6.07 Å². The molecule has 0 aliphatic heterocycles. The van der Waals surface area contributed by atoms with Gasteiger partial charge in [0.2, 0.25) is 0 Å². The van der Waals surface area contributed by atoms with Crippen LogP contribution in [0.4, 0.5) is 0 Å². The molecule has 0 amide bonds. The number of rotatable bonds is 4. The van der Waals surface area contributed by atoms with Gasteiger partial charge >= 0.3 is 0 Å². The van der Waals surface area contributed by atoms with Crippen molar-refractivity contribution in [1.29, 1.82) is 10.5 Å². The van der Waals surface area contributed by atoms with Gasteiger partial charge in [-0.3, -0.25) is 4.98 Å². The van der Waals surface area contributed by atoms with Crippen molar-refractivity contribution in [2.75, 3.05) is 0 Å². The Labute approximate surface area is 184 Å². The molecule has 3 aromatic heterocycles. The molecule has 0 radical (unpaired) electrons. The number of benzene rings is 1. The van der Waals surface area contributed by atoms with E-state index < -0.39 is 5.54 Å². The van der Waals surface area contributed by atoms with Gasteiger partial charge in [-0.25, -0.2) is 4.98 Å². The summed E-state index contributed by atoms with van der Waals surface area (Å²) in [5.74, 6) is 0.0739. The standard InChI is InChI=1S/C24H19N7O/c1-15-23(32)5-4-20(29-15)17-9-19(18-3-2-8-27-21(18)10-17)22-14-28-31(30-22)24(6-7-25)11-16(12-24)13-26/h2-5,8-10,14,16,32H,6,11-12H2,1H3. The Morgan fingerprint density at radius 3 is 2.78 bits per heavy atom. The van der Waals surface area contributed by atoms with Gasteiger partial charge in [0.1, 0.15) is 11.4 Å². The SMILES string of the molecule is Cc1nc(-c2cc(-c3cnn(C4(CC#N)CC(C#N)C4)n3)c3cccnc3c2)ccc1O. The van der Waals surface area contributed by atoms with E-state index in [0.717, 1.165) is 27.7 Å². The lowest BCUT2D eigenvalue weighted by Gasteiger charge is -2.42. The molecule has 32 heavy (non-hydrogen) atoms. The number of aromatic hydroxyl groups is 1. The Balaban J connectivity index is 1.63. The molecule has 1 fully saturated rings. The molecule has 156 valence electrons. The highest BCUT2D eigenvalue weighted by atomic mass is 16.3. The lowest BCUT2D eigenvalue weighted by molar-refractivity contribution is 0.0713. The normalized spacial score (nSPS) is 19.8. The zero-order chi connectivity index (χ0) is 22.3. The van der Waals surface area contributed by atoms with E-state index in [1.807, 2.05) is 24.3 Å². The number of nitriles is 2. The van der Waals surface area contributed by atoms with Gasteiger partial charge in [0.05, 0.1) is 53.1 Å². The summed E-state index contributed by atoms with van der Waals surface area (Å²) >= 11 is 0. The summed E-state index contributed by atoms with van der Waals surface area (Å²) in [4.78, 5) is 10.6. The molecule has 0 bridgehead atoms. The van der Waals surface area contributed by atoms with Crippen LogP contribution in [0.1, 0.15) is 25.0 Å². The van der Waals surface area contributed by atoms with Crippen molar-refractivity contribution in [2.45, 2.75) is 31.7 Å². The van der Waals surface area contributed by atoms with E-state index in [0.29, 0.717) is 24.2 Å². The third kappa shape index (κ3) is 3.14. The summed E-state index contributed by atoms with van der Waals surface area (Å²) in [5.41, 5.74) is 3.90. The summed E-state index contributed by atoms with van der Waals surface area (Å²) in [6.45, 7) is 1.76. The fourth-order valence-corrected chi connectivity index (χ4v) is 4.35. The van der Waals surface area contributed by atoms with Crippen molar-refractivity contribution >= 4 is 10.9 Å². The van der Waals surface area contributed by atoms with Crippen LogP contribution in [0.25, 0.3) is 33.4 Å². The van der Waals surface area contributed by atoms with Gasteiger partial charge in [-0.05, 0) is 50.1 Å². The molecule has 0 spiro atoms. The average molecular weight is 421 g/mol. The molecule has 0 atom stereocenters. The lowest BCUT2D eigenvalue weighted by atomic mass is 9.68. The molecule has 1 aliphatic rings. The maximum absolute atomic E-state index is 9.84. The zero-order valence-corrected chi connectivity index (χ0v) is 17.4. The Morgan fingerprint density at radius 1 is 1.19 bits per heavy atom. The molecule has 1 aliphatic carbocycles. The van der Waals surface area contributed by atoms with E-state index in [1.165, 1.54) is 0 Å². The molecule has 1 N–H and O–H groups in total. The molecular weight excluding hydrogens is 402 g/mol. The van der Waals surface area contributed by atoms with Crippen molar-refractivity contribution in [2.24, 2.45) is 5.92 Å². The van der Waals surface area contributed by atoms with Crippen molar-refractivity contribution in [3.63, 3.8) is 0 Å². The van der Waals surface area contributed by atoms with Gasteiger partial charge < -0.3 is 5.11 Å². The van der Waals surface area contributed by atoms with Crippen LogP contribution in [0.5, 0.6) is 5.75 Å². The van der Waals surface area contributed by atoms with E-state index in [2.05, 4.69) is 27.2 Å². The van der Waals surface area contributed by atoms with E-state index >= 15 is 0 Å². The third-order valence-electron chi connectivity index (χ3n) is 6.11. The number of pyridine rings is 2. The van der Waals surface area contributed by atoms with Gasteiger partial charge in [0, 0.05) is 22.7 Å². The predicted octanol–water partition coefficient (Wildman–Crippen LogP) is 4.11. The number of fused-ring (bicyclic) bond motifs is 1. The second kappa shape index (κ2) is 7.44. The van der Waals surface area contributed by atoms with Gasteiger partial charge in [-0.15, -0.1) is 0 Å². The molecule has 0 unspecified atom stereocenters. The Hall–Kier alpha value is -4.30. The largest absolute Gasteiger partial charge is 0.506 e. The highest BCUT2D eigenvalue weighted by Gasteiger charge is 2.48. The molecule has 1 aromatic carbocycles. The Kier molecular flexibility index (Phi) is 4.57. The fourth-order valence-electron chi connectivity index (χ4n) is 4.35. The molecular formula is C24H19N7O. The second-order valence-electron chi connectivity index (χ2n) is 8.21. The summed E-state index contributed by atoms with van der Waals surface area (Å²) in [5, 5.41) is 38.5. The summed E-state index contributed by atoms with van der Waals surface area (Å²) in [7, 11) is 0. The van der Waals surface area contributed by atoms with Crippen LogP contribution < -0.4 is 0 Å². The van der Waals surface area contributed by atoms with Gasteiger partial charge in [0.15, 0.2) is 0 Å². The third-order valence-corrected chi connectivity index (χ3v) is 6.11. The quantitative estimate of drug-likeness (QED) is 0.526. The van der Waals surface area contributed by atoms with Crippen LogP contribution in [0.2, 0.25) is 0 Å². The maximum Gasteiger partial charge on any atom is 0.136 e. The van der Waals surface area contributed by atoms with Crippen molar-refractivity contribution in [3.8, 4) is 40.4 Å². The first-order chi connectivity index (χ1) is 15.5. The first-order valence-corrected chi connectivity index (χ1v) is 10.3. The molecule has 5 rings (SSSR count). The summed E-state index contributed by atoms with van der Waals surface area (Å²) < 4.78 is 0. The number of hydrogen-bond donors (Lipinski definition) is 1. The van der Waals surface area contributed by atoms with Gasteiger partial charge in [-0.2, -0.15) is 25.5 Å². The molecule has 4 aromatic rings.